The Balaban J connectivity index is 2.80. The summed E-state index contributed by atoms with van der Waals surface area (Å²) in [4.78, 5) is -0.680. The molecule has 1 atom stereocenters. The van der Waals surface area contributed by atoms with Gasteiger partial charge in [-0.25, -0.2) is 0 Å². The van der Waals surface area contributed by atoms with E-state index in [0.717, 1.165) is 0 Å². The van der Waals surface area contributed by atoms with Gasteiger partial charge in [0.15, 0.2) is 0 Å². The average molecular weight is 318 g/mol. The van der Waals surface area contributed by atoms with Gasteiger partial charge < -0.3 is 10.5 Å². The maximum absolute atomic E-state index is 12.5. The Morgan fingerprint density at radius 2 is 2.00 bits per heavy atom. The minimum Gasteiger partial charge on any atom is -0.491 e. The molecule has 1 aromatic rings. The summed E-state index contributed by atoms with van der Waals surface area (Å²) in [6.07, 6.45) is -4.56. The molecule has 0 bridgehead atoms. The molecule has 0 saturated heterocycles. The first kappa shape index (κ1) is 15.3. The molecular formula is C10H8Cl2F3NOS. The number of benzene rings is 1. The molecule has 0 aliphatic heterocycles. The van der Waals surface area contributed by atoms with E-state index in [9.17, 15) is 13.2 Å². The van der Waals surface area contributed by atoms with Crippen LogP contribution in [0, 0.1) is 5.92 Å². The molecule has 100 valence electrons. The number of nitrogens with two attached hydrogens (primary N) is 1. The number of hydrogen-bond donors (Lipinski definition) is 1. The summed E-state index contributed by atoms with van der Waals surface area (Å²) in [7, 11) is 0. The Morgan fingerprint density at radius 3 is 2.50 bits per heavy atom. The van der Waals surface area contributed by atoms with Crippen LogP contribution in [-0.2, 0) is 0 Å². The molecule has 0 saturated carbocycles. The van der Waals surface area contributed by atoms with Crippen LogP contribution >= 0.6 is 35.4 Å². The second-order valence-electron chi connectivity index (χ2n) is 3.36. The molecule has 2 nitrogen and oxygen atoms in total. The maximum Gasteiger partial charge on any atom is 0.401 e. The van der Waals surface area contributed by atoms with E-state index >= 15 is 0 Å². The van der Waals surface area contributed by atoms with E-state index in [0.29, 0.717) is 0 Å². The predicted octanol–water partition coefficient (Wildman–Crippen LogP) is 3.84. The van der Waals surface area contributed by atoms with Gasteiger partial charge in [0, 0.05) is 0 Å². The van der Waals surface area contributed by atoms with E-state index in [1.807, 2.05) is 0 Å². The second kappa shape index (κ2) is 5.95. The van der Waals surface area contributed by atoms with E-state index in [1.165, 1.54) is 18.2 Å². The molecular weight excluding hydrogens is 310 g/mol. The molecule has 1 rings (SSSR count). The molecule has 0 aromatic heterocycles. The fraction of sp³-hybridized carbons (Fsp3) is 0.300. The smallest absolute Gasteiger partial charge is 0.401 e. The number of ether oxygens (including phenoxy) is 1. The topological polar surface area (TPSA) is 35.2 Å². The normalized spacial score (nSPS) is 13.2. The van der Waals surface area contributed by atoms with E-state index in [1.54, 1.807) is 0 Å². The summed E-state index contributed by atoms with van der Waals surface area (Å²) >= 11 is 15.8. The van der Waals surface area contributed by atoms with Gasteiger partial charge in [0.05, 0.1) is 10.0 Å². The SMILES string of the molecule is NC(=S)C(COc1cccc(Cl)c1Cl)C(F)(F)F. The summed E-state index contributed by atoms with van der Waals surface area (Å²) in [6, 6.07) is 4.40. The number of halogens is 5. The molecule has 0 aliphatic carbocycles. The zero-order valence-corrected chi connectivity index (χ0v) is 11.1. The Morgan fingerprint density at radius 1 is 1.39 bits per heavy atom. The van der Waals surface area contributed by atoms with Gasteiger partial charge in [-0.3, -0.25) is 0 Å². The van der Waals surface area contributed by atoms with Crippen molar-refractivity contribution < 1.29 is 17.9 Å². The quantitative estimate of drug-likeness (QED) is 0.857. The number of rotatable bonds is 4. The van der Waals surface area contributed by atoms with Gasteiger partial charge in [-0.15, -0.1) is 0 Å². The molecule has 0 amide bonds. The standard InChI is InChI=1S/C10H8Cl2F3NOS/c11-6-2-1-3-7(8(6)12)17-4-5(9(16)18)10(13,14)15/h1-3,5H,4H2,(H2,16,18). The average Bonchev–Trinajstić information content (AvgIpc) is 2.22. The summed E-state index contributed by atoms with van der Waals surface area (Å²) in [5.74, 6) is -1.97. The molecule has 0 spiro atoms. The lowest BCUT2D eigenvalue weighted by Crippen LogP contribution is -2.38. The third-order valence-corrected chi connectivity index (χ3v) is 3.15. The van der Waals surface area contributed by atoms with Crippen molar-refractivity contribution >= 4 is 40.4 Å². The van der Waals surface area contributed by atoms with Gasteiger partial charge >= 0.3 is 6.18 Å². The van der Waals surface area contributed by atoms with Crippen molar-refractivity contribution in [3.63, 3.8) is 0 Å². The predicted molar refractivity (Wildman–Crippen MR) is 68.3 cm³/mol. The first-order chi connectivity index (χ1) is 8.23. The van der Waals surface area contributed by atoms with Crippen LogP contribution in [0.25, 0.3) is 0 Å². The Labute approximate surface area is 117 Å². The summed E-state index contributed by atoms with van der Waals surface area (Å²) in [6.45, 7) is -0.737. The lowest BCUT2D eigenvalue weighted by molar-refractivity contribution is -0.161. The monoisotopic (exact) mass is 317 g/mol. The van der Waals surface area contributed by atoms with Crippen molar-refractivity contribution in [1.29, 1.82) is 0 Å². The molecule has 1 aromatic carbocycles. The minimum atomic E-state index is -4.56. The molecule has 0 heterocycles. The van der Waals surface area contributed by atoms with E-state index in [4.69, 9.17) is 33.7 Å². The highest BCUT2D eigenvalue weighted by atomic mass is 35.5. The van der Waals surface area contributed by atoms with E-state index in [2.05, 4.69) is 12.2 Å². The number of hydrogen-bond acceptors (Lipinski definition) is 2. The van der Waals surface area contributed by atoms with Crippen LogP contribution in [0.15, 0.2) is 18.2 Å². The minimum absolute atomic E-state index is 0.0445. The Kier molecular flexibility index (Phi) is 5.07. The molecule has 0 fully saturated rings. The van der Waals surface area contributed by atoms with Crippen LogP contribution in [0.3, 0.4) is 0 Å². The van der Waals surface area contributed by atoms with Gasteiger partial charge in [0.2, 0.25) is 0 Å². The first-order valence-electron chi connectivity index (χ1n) is 4.66. The summed E-state index contributed by atoms with van der Waals surface area (Å²) < 4.78 is 42.6. The summed E-state index contributed by atoms with van der Waals surface area (Å²) in [5.41, 5.74) is 5.03. The van der Waals surface area contributed by atoms with Gasteiger partial charge in [-0.1, -0.05) is 41.5 Å². The van der Waals surface area contributed by atoms with Crippen LogP contribution in [0.2, 0.25) is 10.0 Å². The van der Waals surface area contributed by atoms with Crippen molar-refractivity contribution in [2.24, 2.45) is 11.7 Å². The summed E-state index contributed by atoms with van der Waals surface area (Å²) in [5, 5.41) is 0.232. The lowest BCUT2D eigenvalue weighted by atomic mass is 10.1. The van der Waals surface area contributed by atoms with Crippen LogP contribution in [0.5, 0.6) is 5.75 Å². The van der Waals surface area contributed by atoms with Gasteiger partial charge in [-0.2, -0.15) is 13.2 Å². The molecule has 2 N–H and O–H groups in total. The fourth-order valence-electron chi connectivity index (χ4n) is 1.11. The number of thiocarbonyl (C=S) groups is 1. The Hall–Kier alpha value is -0.720. The third kappa shape index (κ3) is 3.90. The Bertz CT molecular complexity index is 453. The zero-order chi connectivity index (χ0) is 13.9. The molecule has 0 radical (unpaired) electrons. The highest BCUT2D eigenvalue weighted by Crippen LogP contribution is 2.33. The van der Waals surface area contributed by atoms with Crippen LogP contribution in [0.4, 0.5) is 13.2 Å². The zero-order valence-electron chi connectivity index (χ0n) is 8.80. The maximum atomic E-state index is 12.5. The molecule has 1 unspecified atom stereocenters. The van der Waals surface area contributed by atoms with Gasteiger partial charge in [-0.05, 0) is 12.1 Å². The van der Waals surface area contributed by atoms with Crippen LogP contribution in [0.1, 0.15) is 0 Å². The van der Waals surface area contributed by atoms with Crippen LogP contribution in [-0.4, -0.2) is 17.8 Å². The molecule has 18 heavy (non-hydrogen) atoms. The van der Waals surface area contributed by atoms with E-state index < -0.39 is 23.7 Å². The molecule has 0 aliphatic rings. The van der Waals surface area contributed by atoms with E-state index in [-0.39, 0.29) is 15.8 Å². The number of alkyl halides is 3. The van der Waals surface area contributed by atoms with Gasteiger partial charge in [0.25, 0.3) is 0 Å². The fourth-order valence-corrected chi connectivity index (χ4v) is 1.65. The second-order valence-corrected chi connectivity index (χ2v) is 4.62. The van der Waals surface area contributed by atoms with Crippen molar-refractivity contribution in [2.45, 2.75) is 6.18 Å². The van der Waals surface area contributed by atoms with Crippen molar-refractivity contribution in [2.75, 3.05) is 6.61 Å². The van der Waals surface area contributed by atoms with Crippen molar-refractivity contribution in [3.05, 3.63) is 28.2 Å². The largest absolute Gasteiger partial charge is 0.491 e. The molecule has 8 heteroatoms. The van der Waals surface area contributed by atoms with Gasteiger partial charge in [0.1, 0.15) is 23.3 Å². The van der Waals surface area contributed by atoms with Crippen LogP contribution < -0.4 is 10.5 Å². The first-order valence-corrected chi connectivity index (χ1v) is 5.82. The highest BCUT2D eigenvalue weighted by molar-refractivity contribution is 7.80. The highest BCUT2D eigenvalue weighted by Gasteiger charge is 2.42. The lowest BCUT2D eigenvalue weighted by Gasteiger charge is -2.19. The van der Waals surface area contributed by atoms with Crippen molar-refractivity contribution in [3.8, 4) is 5.75 Å². The van der Waals surface area contributed by atoms with Crippen molar-refractivity contribution in [1.82, 2.24) is 0 Å². The third-order valence-electron chi connectivity index (χ3n) is 2.06.